The molecular formula is C15H25IN4. The van der Waals surface area contributed by atoms with Crippen LogP contribution in [0.2, 0.25) is 0 Å². The van der Waals surface area contributed by atoms with E-state index in [1.54, 1.807) is 0 Å². The fourth-order valence-electron chi connectivity index (χ4n) is 2.34. The minimum absolute atomic E-state index is 1.04. The second kappa shape index (κ2) is 9.68. The van der Waals surface area contributed by atoms with E-state index in [0.29, 0.717) is 0 Å². The second-order valence-corrected chi connectivity index (χ2v) is 6.28. The van der Waals surface area contributed by atoms with Crippen LogP contribution < -0.4 is 16.0 Å². The third-order valence-corrected chi connectivity index (χ3v) is 4.57. The SMILES string of the molecule is Ic1ccccc1CN1CCNCCNCCNCC1. The molecule has 2 rings (SSSR count). The molecule has 1 saturated heterocycles. The van der Waals surface area contributed by atoms with Crippen LogP contribution in [-0.4, -0.2) is 57.3 Å². The quantitative estimate of drug-likeness (QED) is 0.658. The normalized spacial score (nSPS) is 20.1. The van der Waals surface area contributed by atoms with E-state index in [0.717, 1.165) is 58.9 Å². The van der Waals surface area contributed by atoms with Gasteiger partial charge in [-0.15, -0.1) is 0 Å². The van der Waals surface area contributed by atoms with Crippen LogP contribution in [0.4, 0.5) is 0 Å². The number of nitrogens with zero attached hydrogens (tertiary/aromatic N) is 1. The van der Waals surface area contributed by atoms with Gasteiger partial charge in [-0.25, -0.2) is 0 Å². The number of benzene rings is 1. The predicted molar refractivity (Wildman–Crippen MR) is 93.0 cm³/mol. The van der Waals surface area contributed by atoms with Crippen LogP contribution in [0.25, 0.3) is 0 Å². The average molecular weight is 388 g/mol. The highest BCUT2D eigenvalue weighted by molar-refractivity contribution is 14.1. The van der Waals surface area contributed by atoms with E-state index in [-0.39, 0.29) is 0 Å². The molecule has 0 atom stereocenters. The van der Waals surface area contributed by atoms with Crippen molar-refractivity contribution in [3.8, 4) is 0 Å². The van der Waals surface area contributed by atoms with Gasteiger partial charge in [0.25, 0.3) is 0 Å². The topological polar surface area (TPSA) is 39.3 Å². The Morgan fingerprint density at radius 2 is 1.40 bits per heavy atom. The summed E-state index contributed by atoms with van der Waals surface area (Å²) in [6, 6.07) is 8.67. The third-order valence-electron chi connectivity index (χ3n) is 3.52. The lowest BCUT2D eigenvalue weighted by molar-refractivity contribution is 0.262. The Balaban J connectivity index is 1.87. The predicted octanol–water partition coefficient (Wildman–Crippen LogP) is 0.876. The lowest BCUT2D eigenvalue weighted by Gasteiger charge is -2.24. The fraction of sp³-hybridized carbons (Fsp3) is 0.600. The third kappa shape index (κ3) is 6.05. The van der Waals surface area contributed by atoms with Gasteiger partial charge in [0, 0.05) is 62.5 Å². The molecule has 5 heteroatoms. The van der Waals surface area contributed by atoms with E-state index in [9.17, 15) is 0 Å². The Hall–Kier alpha value is -0.210. The van der Waals surface area contributed by atoms with Crippen molar-refractivity contribution < 1.29 is 0 Å². The van der Waals surface area contributed by atoms with E-state index in [4.69, 9.17) is 0 Å². The molecule has 3 N–H and O–H groups in total. The van der Waals surface area contributed by atoms with Gasteiger partial charge < -0.3 is 16.0 Å². The van der Waals surface area contributed by atoms with Crippen LogP contribution in [0.3, 0.4) is 0 Å². The van der Waals surface area contributed by atoms with Gasteiger partial charge in [-0.05, 0) is 34.2 Å². The van der Waals surface area contributed by atoms with Crippen LogP contribution in [0, 0.1) is 3.57 Å². The highest BCUT2D eigenvalue weighted by Gasteiger charge is 2.08. The van der Waals surface area contributed by atoms with Crippen molar-refractivity contribution >= 4 is 22.6 Å². The van der Waals surface area contributed by atoms with Crippen molar-refractivity contribution in [2.24, 2.45) is 0 Å². The smallest absolute Gasteiger partial charge is 0.0245 e. The number of nitrogens with one attached hydrogen (secondary N) is 3. The standard InChI is InChI=1S/C15H25IN4/c16-15-4-2-1-3-14(15)13-20-11-9-18-7-5-17-6-8-19-10-12-20/h1-4,17-19H,5-13H2. The minimum atomic E-state index is 1.04. The Bertz CT molecular complexity index is 374. The molecule has 0 aromatic heterocycles. The van der Waals surface area contributed by atoms with Crippen LogP contribution in [0.15, 0.2) is 24.3 Å². The molecule has 20 heavy (non-hydrogen) atoms. The number of halogens is 1. The maximum Gasteiger partial charge on any atom is 0.0245 e. The second-order valence-electron chi connectivity index (χ2n) is 5.12. The molecular weight excluding hydrogens is 363 g/mol. The van der Waals surface area contributed by atoms with Gasteiger partial charge in [0.05, 0.1) is 0 Å². The van der Waals surface area contributed by atoms with Crippen molar-refractivity contribution in [3.05, 3.63) is 33.4 Å². The summed E-state index contributed by atoms with van der Waals surface area (Å²) in [4.78, 5) is 2.53. The lowest BCUT2D eigenvalue weighted by atomic mass is 10.2. The summed E-state index contributed by atoms with van der Waals surface area (Å²) in [5.41, 5.74) is 1.43. The van der Waals surface area contributed by atoms with E-state index < -0.39 is 0 Å². The zero-order valence-electron chi connectivity index (χ0n) is 12.0. The molecule has 0 bridgehead atoms. The Morgan fingerprint density at radius 1 is 0.850 bits per heavy atom. The van der Waals surface area contributed by atoms with Crippen molar-refractivity contribution in [3.63, 3.8) is 0 Å². The summed E-state index contributed by atoms with van der Waals surface area (Å²) in [6.45, 7) is 9.58. The number of hydrogen-bond donors (Lipinski definition) is 3. The van der Waals surface area contributed by atoms with E-state index in [1.807, 2.05) is 0 Å². The molecule has 0 saturated carbocycles. The summed E-state index contributed by atoms with van der Waals surface area (Å²) in [5.74, 6) is 0. The van der Waals surface area contributed by atoms with Crippen LogP contribution in [0.5, 0.6) is 0 Å². The average Bonchev–Trinajstić information content (AvgIpc) is 2.44. The maximum absolute atomic E-state index is 3.51. The van der Waals surface area contributed by atoms with Gasteiger partial charge in [0.2, 0.25) is 0 Å². The molecule has 0 spiro atoms. The Morgan fingerprint density at radius 3 is 2.00 bits per heavy atom. The van der Waals surface area contributed by atoms with Gasteiger partial charge in [-0.3, -0.25) is 4.90 Å². The van der Waals surface area contributed by atoms with E-state index in [2.05, 4.69) is 67.7 Å². The summed E-state index contributed by atoms with van der Waals surface area (Å²) >= 11 is 2.43. The molecule has 1 aliphatic rings. The lowest BCUT2D eigenvalue weighted by Crippen LogP contribution is -2.41. The van der Waals surface area contributed by atoms with Gasteiger partial charge in [-0.2, -0.15) is 0 Å². The van der Waals surface area contributed by atoms with Gasteiger partial charge in [0.1, 0.15) is 0 Å². The monoisotopic (exact) mass is 388 g/mol. The zero-order valence-corrected chi connectivity index (χ0v) is 14.2. The summed E-state index contributed by atoms with van der Waals surface area (Å²) in [5, 5.41) is 10.4. The van der Waals surface area contributed by atoms with Crippen LogP contribution >= 0.6 is 22.6 Å². The van der Waals surface area contributed by atoms with Gasteiger partial charge in [0.15, 0.2) is 0 Å². The van der Waals surface area contributed by atoms with Crippen molar-refractivity contribution in [2.45, 2.75) is 6.54 Å². The maximum atomic E-state index is 3.51. The molecule has 0 amide bonds. The highest BCUT2D eigenvalue weighted by Crippen LogP contribution is 2.13. The largest absolute Gasteiger partial charge is 0.314 e. The summed E-state index contributed by atoms with van der Waals surface area (Å²) in [7, 11) is 0. The van der Waals surface area contributed by atoms with Crippen molar-refractivity contribution in [1.82, 2.24) is 20.9 Å². The van der Waals surface area contributed by atoms with Crippen molar-refractivity contribution in [1.29, 1.82) is 0 Å². The summed E-state index contributed by atoms with van der Waals surface area (Å²) < 4.78 is 1.36. The Kier molecular flexibility index (Phi) is 7.82. The Labute approximate surface area is 135 Å². The van der Waals surface area contributed by atoms with Gasteiger partial charge in [-0.1, -0.05) is 18.2 Å². The van der Waals surface area contributed by atoms with Crippen LogP contribution in [-0.2, 0) is 6.54 Å². The molecule has 112 valence electrons. The molecule has 0 aliphatic carbocycles. The first-order valence-electron chi connectivity index (χ1n) is 7.44. The van der Waals surface area contributed by atoms with Crippen LogP contribution in [0.1, 0.15) is 5.56 Å². The first kappa shape index (κ1) is 16.2. The summed E-state index contributed by atoms with van der Waals surface area (Å²) in [6.07, 6.45) is 0. The fourth-order valence-corrected chi connectivity index (χ4v) is 2.90. The van der Waals surface area contributed by atoms with Gasteiger partial charge >= 0.3 is 0 Å². The number of hydrogen-bond acceptors (Lipinski definition) is 4. The molecule has 1 aromatic rings. The molecule has 1 heterocycles. The zero-order chi connectivity index (χ0) is 14.0. The number of rotatable bonds is 2. The molecule has 1 aromatic carbocycles. The molecule has 1 fully saturated rings. The first-order chi connectivity index (χ1) is 9.86. The minimum Gasteiger partial charge on any atom is -0.314 e. The molecule has 0 unspecified atom stereocenters. The van der Waals surface area contributed by atoms with E-state index in [1.165, 1.54) is 9.13 Å². The van der Waals surface area contributed by atoms with Crippen molar-refractivity contribution in [2.75, 3.05) is 52.4 Å². The first-order valence-corrected chi connectivity index (χ1v) is 8.52. The molecule has 1 aliphatic heterocycles. The highest BCUT2D eigenvalue weighted by atomic mass is 127. The van der Waals surface area contributed by atoms with E-state index >= 15 is 0 Å². The molecule has 4 nitrogen and oxygen atoms in total. The molecule has 0 radical (unpaired) electrons.